The fourth-order valence-electron chi connectivity index (χ4n) is 4.42. The quantitative estimate of drug-likeness (QED) is 0.624. The highest BCUT2D eigenvalue weighted by Crippen LogP contribution is 2.42. The molecule has 2 fully saturated rings. The molecule has 0 radical (unpaired) electrons. The number of ether oxygens (including phenoxy) is 1. The number of amides is 2. The summed E-state index contributed by atoms with van der Waals surface area (Å²) in [4.78, 5) is 40.9. The summed E-state index contributed by atoms with van der Waals surface area (Å²) in [5, 5.41) is 3.08. The maximum atomic E-state index is 13.7. The van der Waals surface area contributed by atoms with Gasteiger partial charge in [-0.3, -0.25) is 9.59 Å². The molecule has 1 saturated heterocycles. The predicted octanol–water partition coefficient (Wildman–Crippen LogP) is 3.14. The zero-order chi connectivity index (χ0) is 23.1. The number of benzene rings is 1. The molecule has 1 aliphatic carbocycles. The zero-order valence-corrected chi connectivity index (χ0v) is 19.5. The number of thiophene rings is 1. The van der Waals surface area contributed by atoms with Gasteiger partial charge in [-0.25, -0.2) is 9.97 Å². The van der Waals surface area contributed by atoms with E-state index in [9.17, 15) is 9.59 Å². The normalized spacial score (nSPS) is 17.5. The van der Waals surface area contributed by atoms with Gasteiger partial charge in [0.25, 0.3) is 11.8 Å². The summed E-state index contributed by atoms with van der Waals surface area (Å²) in [5.74, 6) is 0.413. The van der Waals surface area contributed by atoms with Crippen molar-refractivity contribution in [3.8, 4) is 10.4 Å². The van der Waals surface area contributed by atoms with Crippen molar-refractivity contribution in [2.75, 3.05) is 42.6 Å². The van der Waals surface area contributed by atoms with Gasteiger partial charge in [0.2, 0.25) is 5.95 Å². The number of para-hydroxylation sites is 1. The number of carbonyl (C=O) groups is 2. The number of nitrogens with zero attached hydrogens (tertiary/aromatic N) is 4. The van der Waals surface area contributed by atoms with Crippen LogP contribution in [-0.2, 0) is 11.2 Å². The lowest BCUT2D eigenvalue weighted by atomic mass is 10.1. The number of nitrogens with one attached hydrogen (secondary N) is 1. The van der Waals surface area contributed by atoms with Gasteiger partial charge in [-0.1, -0.05) is 18.2 Å². The number of morpholine rings is 1. The number of fused-ring (bicyclic) bond motifs is 3. The van der Waals surface area contributed by atoms with Gasteiger partial charge in [0.05, 0.1) is 23.8 Å². The Kier molecular flexibility index (Phi) is 5.50. The molecule has 9 heteroatoms. The second-order valence-corrected chi connectivity index (χ2v) is 9.83. The van der Waals surface area contributed by atoms with Crippen molar-refractivity contribution in [2.45, 2.75) is 25.3 Å². The molecule has 4 heterocycles. The molecule has 34 heavy (non-hydrogen) atoms. The van der Waals surface area contributed by atoms with Crippen LogP contribution >= 0.6 is 11.3 Å². The van der Waals surface area contributed by atoms with Crippen LogP contribution in [0, 0.1) is 0 Å². The summed E-state index contributed by atoms with van der Waals surface area (Å²) in [6.45, 7) is 3.19. The molecule has 174 valence electrons. The third kappa shape index (κ3) is 4.05. The monoisotopic (exact) mass is 475 g/mol. The van der Waals surface area contributed by atoms with Gasteiger partial charge in [-0.2, -0.15) is 0 Å². The van der Waals surface area contributed by atoms with Gasteiger partial charge in [0, 0.05) is 42.3 Å². The molecule has 2 aromatic heterocycles. The van der Waals surface area contributed by atoms with Gasteiger partial charge in [-0.05, 0) is 43.0 Å². The molecule has 3 aromatic rings. The second kappa shape index (κ2) is 8.81. The average Bonchev–Trinajstić information content (AvgIpc) is 3.63. The van der Waals surface area contributed by atoms with Crippen LogP contribution < -0.4 is 15.1 Å². The van der Waals surface area contributed by atoms with Crippen molar-refractivity contribution in [3.05, 3.63) is 58.7 Å². The minimum Gasteiger partial charge on any atom is -0.378 e. The molecule has 8 nitrogen and oxygen atoms in total. The molecular weight excluding hydrogens is 450 g/mol. The summed E-state index contributed by atoms with van der Waals surface area (Å²) in [6, 6.07) is 11.9. The molecular formula is C25H25N5O3S. The zero-order valence-electron chi connectivity index (χ0n) is 18.7. The Balaban J connectivity index is 1.31. The summed E-state index contributed by atoms with van der Waals surface area (Å²) >= 11 is 1.51. The SMILES string of the molecule is O=C(NC1CC1)c1cc2c(s1)-c1ccccc1N(C(=O)c1ccnc(N3CCOCC3)n1)CC2. The number of carbonyl (C=O) groups excluding carboxylic acids is 2. The van der Waals surface area contributed by atoms with Crippen LogP contribution in [0.15, 0.2) is 42.6 Å². The van der Waals surface area contributed by atoms with Gasteiger partial charge >= 0.3 is 0 Å². The fraction of sp³-hybridized carbons (Fsp3) is 0.360. The van der Waals surface area contributed by atoms with E-state index in [-0.39, 0.29) is 11.8 Å². The molecule has 0 atom stereocenters. The van der Waals surface area contributed by atoms with E-state index >= 15 is 0 Å². The molecule has 0 bridgehead atoms. The third-order valence-corrected chi connectivity index (χ3v) is 7.60. The Morgan fingerprint density at radius 2 is 1.91 bits per heavy atom. The van der Waals surface area contributed by atoms with Crippen LogP contribution in [-0.4, -0.2) is 60.7 Å². The minimum absolute atomic E-state index is 0.00242. The third-order valence-electron chi connectivity index (χ3n) is 6.39. The van der Waals surface area contributed by atoms with Gasteiger partial charge in [0.1, 0.15) is 5.69 Å². The molecule has 2 aliphatic heterocycles. The summed E-state index contributed by atoms with van der Waals surface area (Å²) < 4.78 is 5.42. The highest BCUT2D eigenvalue weighted by Gasteiger charge is 2.30. The molecule has 2 amide bonds. The van der Waals surface area contributed by atoms with Crippen LogP contribution in [0.3, 0.4) is 0 Å². The standard InChI is InChI=1S/C25H25N5O3S/c31-23(27-17-5-6-17)21-15-16-8-10-30(20-4-2-1-3-18(20)22(16)34-21)24(32)19-7-9-26-25(28-19)29-11-13-33-14-12-29/h1-4,7,9,15,17H,5-6,8,10-14H2,(H,27,31). The van der Waals surface area contributed by atoms with E-state index in [0.29, 0.717) is 57.0 Å². The van der Waals surface area contributed by atoms with Crippen LogP contribution in [0.5, 0.6) is 0 Å². The van der Waals surface area contributed by atoms with Crippen molar-refractivity contribution in [1.29, 1.82) is 0 Å². The van der Waals surface area contributed by atoms with Crippen molar-refractivity contribution in [3.63, 3.8) is 0 Å². The number of hydrogen-bond donors (Lipinski definition) is 1. The van der Waals surface area contributed by atoms with Gasteiger partial charge < -0.3 is 19.9 Å². The second-order valence-electron chi connectivity index (χ2n) is 8.78. The summed E-state index contributed by atoms with van der Waals surface area (Å²) in [6.07, 6.45) is 4.45. The first-order chi connectivity index (χ1) is 16.7. The van der Waals surface area contributed by atoms with E-state index in [1.807, 2.05) is 35.2 Å². The fourth-order valence-corrected chi connectivity index (χ4v) is 5.57. The lowest BCUT2D eigenvalue weighted by Crippen LogP contribution is -2.38. The Morgan fingerprint density at radius 3 is 2.74 bits per heavy atom. The van der Waals surface area contributed by atoms with E-state index in [2.05, 4.69) is 15.3 Å². The smallest absolute Gasteiger partial charge is 0.277 e. The van der Waals surface area contributed by atoms with E-state index < -0.39 is 0 Å². The molecule has 1 saturated carbocycles. The van der Waals surface area contributed by atoms with Crippen molar-refractivity contribution < 1.29 is 14.3 Å². The van der Waals surface area contributed by atoms with Crippen LogP contribution in [0.1, 0.15) is 38.6 Å². The van der Waals surface area contributed by atoms with Crippen LogP contribution in [0.4, 0.5) is 11.6 Å². The van der Waals surface area contributed by atoms with Crippen molar-refractivity contribution >= 4 is 34.8 Å². The molecule has 3 aliphatic rings. The lowest BCUT2D eigenvalue weighted by molar-refractivity contribution is 0.0952. The van der Waals surface area contributed by atoms with E-state index in [1.165, 1.54) is 11.3 Å². The Bertz CT molecular complexity index is 1250. The Morgan fingerprint density at radius 1 is 1.09 bits per heavy atom. The predicted molar refractivity (Wildman–Crippen MR) is 131 cm³/mol. The highest BCUT2D eigenvalue weighted by molar-refractivity contribution is 7.17. The number of rotatable bonds is 4. The highest BCUT2D eigenvalue weighted by atomic mass is 32.1. The average molecular weight is 476 g/mol. The first-order valence-electron chi connectivity index (χ1n) is 11.7. The molecule has 0 unspecified atom stereocenters. The van der Waals surface area contributed by atoms with Crippen LogP contribution in [0.25, 0.3) is 10.4 Å². The van der Waals surface area contributed by atoms with E-state index in [0.717, 1.165) is 39.4 Å². The lowest BCUT2D eigenvalue weighted by Gasteiger charge is -2.27. The van der Waals surface area contributed by atoms with E-state index in [4.69, 9.17) is 4.74 Å². The summed E-state index contributed by atoms with van der Waals surface area (Å²) in [5.41, 5.74) is 3.29. The maximum absolute atomic E-state index is 13.7. The number of aromatic nitrogens is 2. The van der Waals surface area contributed by atoms with Crippen molar-refractivity contribution in [2.24, 2.45) is 0 Å². The molecule has 6 rings (SSSR count). The van der Waals surface area contributed by atoms with Gasteiger partial charge in [-0.15, -0.1) is 11.3 Å². The largest absolute Gasteiger partial charge is 0.378 e. The van der Waals surface area contributed by atoms with E-state index in [1.54, 1.807) is 17.2 Å². The molecule has 1 N–H and O–H groups in total. The first kappa shape index (κ1) is 21.2. The first-order valence-corrected chi connectivity index (χ1v) is 12.5. The van der Waals surface area contributed by atoms with Crippen LogP contribution in [0.2, 0.25) is 0 Å². The maximum Gasteiger partial charge on any atom is 0.277 e. The van der Waals surface area contributed by atoms with Crippen molar-refractivity contribution in [1.82, 2.24) is 15.3 Å². The minimum atomic E-state index is -0.147. The number of hydrogen-bond acceptors (Lipinski definition) is 7. The molecule has 1 aromatic carbocycles. The number of anilines is 2. The summed E-state index contributed by atoms with van der Waals surface area (Å²) in [7, 11) is 0. The topological polar surface area (TPSA) is 87.7 Å². The Hall–Kier alpha value is -3.30. The molecule has 0 spiro atoms. The van der Waals surface area contributed by atoms with Gasteiger partial charge in [0.15, 0.2) is 0 Å². The Labute approximate surface area is 201 Å².